The third kappa shape index (κ3) is 2.40. The van der Waals surface area contributed by atoms with Crippen molar-refractivity contribution in [3.8, 4) is 0 Å². The van der Waals surface area contributed by atoms with E-state index in [0.717, 1.165) is 19.3 Å². The van der Waals surface area contributed by atoms with E-state index in [1.807, 2.05) is 6.92 Å². The van der Waals surface area contributed by atoms with Crippen molar-refractivity contribution in [3.63, 3.8) is 0 Å². The summed E-state index contributed by atoms with van der Waals surface area (Å²) < 4.78 is 6.11. The minimum Gasteiger partial charge on any atom is -0.391 e. The number of thiophene rings is 1. The fourth-order valence-electron chi connectivity index (χ4n) is 2.45. The smallest absolute Gasteiger partial charge is 0.107 e. The van der Waals surface area contributed by atoms with Crippen LogP contribution in [-0.4, -0.2) is 23.9 Å². The van der Waals surface area contributed by atoms with Crippen molar-refractivity contribution in [2.75, 3.05) is 6.54 Å². The summed E-state index contributed by atoms with van der Waals surface area (Å²) in [5.41, 5.74) is 6.81. The first-order valence-corrected chi connectivity index (χ1v) is 7.10. The molecule has 4 heteroatoms. The Morgan fingerprint density at radius 1 is 1.59 bits per heavy atom. The monoisotopic (exact) mass is 255 g/mol. The van der Waals surface area contributed by atoms with Gasteiger partial charge in [0.15, 0.2) is 0 Å². The van der Waals surface area contributed by atoms with Gasteiger partial charge in [-0.1, -0.05) is 0 Å². The molecule has 1 heterocycles. The Morgan fingerprint density at radius 2 is 2.35 bits per heavy atom. The van der Waals surface area contributed by atoms with Gasteiger partial charge in [-0.2, -0.15) is 0 Å². The Hall–Kier alpha value is -0.420. The molecule has 96 valence electrons. The predicted octanol–water partition coefficient (Wildman–Crippen LogP) is 2.02. The lowest BCUT2D eigenvalue weighted by molar-refractivity contribution is -0.131. The lowest BCUT2D eigenvalue weighted by Gasteiger charge is -2.39. The van der Waals surface area contributed by atoms with Crippen LogP contribution in [0.15, 0.2) is 11.4 Å². The Kier molecular flexibility index (Phi) is 3.88. The lowest BCUT2D eigenvalue weighted by atomic mass is 9.83. The average Bonchev–Trinajstić information content (AvgIpc) is 2.78. The molecule has 0 saturated heterocycles. The fraction of sp³-hybridized carbons (Fsp3) is 0.692. The lowest BCUT2D eigenvalue weighted by Crippen LogP contribution is -2.44. The van der Waals surface area contributed by atoms with Crippen molar-refractivity contribution in [3.05, 3.63) is 21.9 Å². The van der Waals surface area contributed by atoms with E-state index in [2.05, 4.69) is 11.4 Å². The number of aliphatic hydroxyl groups is 1. The SMILES string of the molecule is CC(O)C(C)OC1(CN)CCCc2sccc21. The highest BCUT2D eigenvalue weighted by Gasteiger charge is 2.39. The molecule has 0 saturated carbocycles. The molecule has 1 aromatic rings. The van der Waals surface area contributed by atoms with E-state index < -0.39 is 6.10 Å². The Morgan fingerprint density at radius 3 is 3.00 bits per heavy atom. The number of aryl methyl sites for hydroxylation is 1. The van der Waals surface area contributed by atoms with Crippen LogP contribution in [0.2, 0.25) is 0 Å². The molecule has 2 rings (SSSR count). The first kappa shape index (κ1) is 13.0. The minimum atomic E-state index is -0.470. The van der Waals surface area contributed by atoms with E-state index >= 15 is 0 Å². The van der Waals surface area contributed by atoms with Gasteiger partial charge in [-0.3, -0.25) is 0 Å². The Labute approximate surface area is 107 Å². The molecule has 1 aliphatic rings. The van der Waals surface area contributed by atoms with E-state index in [9.17, 15) is 5.11 Å². The first-order valence-electron chi connectivity index (χ1n) is 6.22. The summed E-state index contributed by atoms with van der Waals surface area (Å²) in [5, 5.41) is 11.7. The van der Waals surface area contributed by atoms with Crippen molar-refractivity contribution in [1.29, 1.82) is 0 Å². The maximum absolute atomic E-state index is 9.60. The van der Waals surface area contributed by atoms with Crippen LogP contribution in [0.25, 0.3) is 0 Å². The normalized spacial score (nSPS) is 27.5. The number of fused-ring (bicyclic) bond motifs is 1. The molecule has 17 heavy (non-hydrogen) atoms. The van der Waals surface area contributed by atoms with Crippen molar-refractivity contribution in [2.24, 2.45) is 5.73 Å². The molecule has 0 bridgehead atoms. The van der Waals surface area contributed by atoms with E-state index in [4.69, 9.17) is 10.5 Å². The highest BCUT2D eigenvalue weighted by Crippen LogP contribution is 2.41. The van der Waals surface area contributed by atoms with Crippen LogP contribution in [0.4, 0.5) is 0 Å². The quantitative estimate of drug-likeness (QED) is 0.865. The molecule has 0 amide bonds. The van der Waals surface area contributed by atoms with Crippen LogP contribution in [-0.2, 0) is 16.8 Å². The fourth-order valence-corrected chi connectivity index (χ4v) is 3.46. The number of nitrogens with two attached hydrogens (primary N) is 1. The van der Waals surface area contributed by atoms with E-state index in [1.54, 1.807) is 18.3 Å². The molecule has 0 aromatic carbocycles. The van der Waals surface area contributed by atoms with Gasteiger partial charge in [-0.15, -0.1) is 11.3 Å². The van der Waals surface area contributed by atoms with Crippen LogP contribution >= 0.6 is 11.3 Å². The van der Waals surface area contributed by atoms with Crippen LogP contribution in [0, 0.1) is 0 Å². The second-order valence-electron chi connectivity index (χ2n) is 4.87. The van der Waals surface area contributed by atoms with Gasteiger partial charge in [0.2, 0.25) is 0 Å². The van der Waals surface area contributed by atoms with Gasteiger partial charge in [0.25, 0.3) is 0 Å². The molecule has 1 aromatic heterocycles. The number of ether oxygens (including phenoxy) is 1. The number of aliphatic hydroxyl groups excluding tert-OH is 1. The highest BCUT2D eigenvalue weighted by atomic mass is 32.1. The van der Waals surface area contributed by atoms with E-state index in [-0.39, 0.29) is 11.7 Å². The third-order valence-electron chi connectivity index (χ3n) is 3.64. The molecule has 0 radical (unpaired) electrons. The van der Waals surface area contributed by atoms with Crippen LogP contribution < -0.4 is 5.73 Å². The Bertz CT molecular complexity index is 377. The molecule has 0 fully saturated rings. The molecule has 3 atom stereocenters. The average molecular weight is 255 g/mol. The second kappa shape index (κ2) is 5.06. The topological polar surface area (TPSA) is 55.5 Å². The maximum atomic E-state index is 9.60. The van der Waals surface area contributed by atoms with Gasteiger partial charge in [0, 0.05) is 11.4 Å². The first-order chi connectivity index (χ1) is 8.09. The van der Waals surface area contributed by atoms with Gasteiger partial charge in [0.05, 0.1) is 12.2 Å². The van der Waals surface area contributed by atoms with Crippen molar-refractivity contribution < 1.29 is 9.84 Å². The summed E-state index contributed by atoms with van der Waals surface area (Å²) in [6, 6.07) is 2.13. The second-order valence-corrected chi connectivity index (χ2v) is 5.87. The van der Waals surface area contributed by atoms with Gasteiger partial charge in [0.1, 0.15) is 5.60 Å². The van der Waals surface area contributed by atoms with Gasteiger partial charge in [-0.25, -0.2) is 0 Å². The standard InChI is InChI=1S/C13H21NO2S/c1-9(15)10(2)16-13(8-14)6-3-4-12-11(13)5-7-17-12/h5,7,9-10,15H,3-4,6,8,14H2,1-2H3. The van der Waals surface area contributed by atoms with Crippen molar-refractivity contribution in [2.45, 2.75) is 50.9 Å². The maximum Gasteiger partial charge on any atom is 0.107 e. The number of hydrogen-bond donors (Lipinski definition) is 2. The summed E-state index contributed by atoms with van der Waals surface area (Å²) >= 11 is 1.78. The highest BCUT2D eigenvalue weighted by molar-refractivity contribution is 7.10. The zero-order valence-corrected chi connectivity index (χ0v) is 11.3. The summed E-state index contributed by atoms with van der Waals surface area (Å²) in [6.45, 7) is 4.14. The summed E-state index contributed by atoms with van der Waals surface area (Å²) in [5.74, 6) is 0. The number of hydrogen-bond acceptors (Lipinski definition) is 4. The molecule has 3 unspecified atom stereocenters. The van der Waals surface area contributed by atoms with Crippen LogP contribution in [0.5, 0.6) is 0 Å². The summed E-state index contributed by atoms with van der Waals surface area (Å²) in [6.07, 6.45) is 2.52. The third-order valence-corrected chi connectivity index (χ3v) is 4.62. The van der Waals surface area contributed by atoms with E-state index in [0.29, 0.717) is 6.54 Å². The summed E-state index contributed by atoms with van der Waals surface area (Å²) in [7, 11) is 0. The molecule has 1 aliphatic carbocycles. The number of rotatable bonds is 4. The van der Waals surface area contributed by atoms with E-state index in [1.165, 1.54) is 10.4 Å². The molecular formula is C13H21NO2S. The van der Waals surface area contributed by atoms with Crippen molar-refractivity contribution >= 4 is 11.3 Å². The van der Waals surface area contributed by atoms with Gasteiger partial charge < -0.3 is 15.6 Å². The summed E-state index contributed by atoms with van der Waals surface area (Å²) in [4.78, 5) is 1.39. The minimum absolute atomic E-state index is 0.190. The van der Waals surface area contributed by atoms with Crippen LogP contribution in [0.3, 0.4) is 0 Å². The largest absolute Gasteiger partial charge is 0.391 e. The van der Waals surface area contributed by atoms with Gasteiger partial charge in [-0.05, 0) is 50.1 Å². The van der Waals surface area contributed by atoms with Crippen LogP contribution in [0.1, 0.15) is 37.1 Å². The van der Waals surface area contributed by atoms with Crippen molar-refractivity contribution in [1.82, 2.24) is 0 Å². The molecular weight excluding hydrogens is 234 g/mol. The molecule has 0 spiro atoms. The molecule has 0 aliphatic heterocycles. The molecule has 3 N–H and O–H groups in total. The zero-order valence-electron chi connectivity index (χ0n) is 10.5. The van der Waals surface area contributed by atoms with Gasteiger partial charge >= 0.3 is 0 Å². The zero-order chi connectivity index (χ0) is 12.5. The molecule has 3 nitrogen and oxygen atoms in total. The Balaban J connectivity index is 2.27. The predicted molar refractivity (Wildman–Crippen MR) is 70.2 cm³/mol.